The molecule has 34 heavy (non-hydrogen) atoms. The normalized spacial score (nSPS) is 14.3. The highest BCUT2D eigenvalue weighted by Crippen LogP contribution is 2.44. The smallest absolute Gasteiger partial charge is 0.407 e. The number of carbonyl (C=O) groups excluding carboxylic acids is 2. The van der Waals surface area contributed by atoms with Gasteiger partial charge >= 0.3 is 6.09 Å². The van der Waals surface area contributed by atoms with Crippen molar-refractivity contribution in [3.05, 3.63) is 95.2 Å². The summed E-state index contributed by atoms with van der Waals surface area (Å²) in [6.45, 7) is -0.0566. The first-order chi connectivity index (χ1) is 16.6. The number of fused-ring (bicyclic) bond motifs is 4. The van der Waals surface area contributed by atoms with Crippen LogP contribution in [-0.4, -0.2) is 46.8 Å². The molecular formula is C27H24N2O5. The highest BCUT2D eigenvalue weighted by Gasteiger charge is 2.29. The zero-order valence-corrected chi connectivity index (χ0v) is 18.3. The Bertz CT molecular complexity index is 1320. The molecule has 5 rings (SSSR count). The summed E-state index contributed by atoms with van der Waals surface area (Å²) < 4.78 is 5.48. The van der Waals surface area contributed by atoms with Crippen molar-refractivity contribution in [3.63, 3.8) is 0 Å². The summed E-state index contributed by atoms with van der Waals surface area (Å²) in [6, 6.07) is 21.3. The second-order valence-corrected chi connectivity index (χ2v) is 8.35. The second-order valence-electron chi connectivity index (χ2n) is 8.35. The van der Waals surface area contributed by atoms with Crippen molar-refractivity contribution in [2.45, 2.75) is 18.1 Å². The van der Waals surface area contributed by atoms with E-state index >= 15 is 0 Å². The van der Waals surface area contributed by atoms with Gasteiger partial charge < -0.3 is 25.3 Å². The standard InChI is InChI=1S/C27H24N2O5/c30-14-16-12-28-23-11-5-10-21(25(16)23)26(32)24(31)13-29-27(33)34-15-22-19-8-3-1-6-17(19)18-7-2-4-9-20(18)22/h1-12,14,22,24,26,28,31-32H,13,15H2,(H,29,33). The maximum absolute atomic E-state index is 12.4. The van der Waals surface area contributed by atoms with Crippen molar-refractivity contribution in [1.82, 2.24) is 10.3 Å². The van der Waals surface area contributed by atoms with Gasteiger partial charge in [-0.1, -0.05) is 60.7 Å². The van der Waals surface area contributed by atoms with E-state index in [9.17, 15) is 19.8 Å². The largest absolute Gasteiger partial charge is 0.449 e. The molecule has 2 atom stereocenters. The molecule has 3 aromatic carbocycles. The van der Waals surface area contributed by atoms with E-state index in [-0.39, 0.29) is 19.1 Å². The lowest BCUT2D eigenvalue weighted by Gasteiger charge is -2.20. The number of amides is 1. The fraction of sp³-hybridized carbons (Fsp3) is 0.185. The maximum atomic E-state index is 12.4. The number of alkyl carbamates (subject to hydrolysis) is 1. The summed E-state index contributed by atoms with van der Waals surface area (Å²) in [7, 11) is 0. The zero-order chi connectivity index (χ0) is 23.7. The molecule has 4 aromatic rings. The van der Waals surface area contributed by atoms with E-state index in [0.29, 0.717) is 28.3 Å². The number of aromatic nitrogens is 1. The number of nitrogens with one attached hydrogen (secondary N) is 2. The molecule has 0 radical (unpaired) electrons. The Balaban J connectivity index is 1.22. The fourth-order valence-electron chi connectivity index (χ4n) is 4.74. The van der Waals surface area contributed by atoms with Crippen LogP contribution in [0.1, 0.15) is 39.1 Å². The van der Waals surface area contributed by atoms with Crippen LogP contribution in [0.15, 0.2) is 72.9 Å². The van der Waals surface area contributed by atoms with Gasteiger partial charge in [-0.2, -0.15) is 0 Å². The lowest BCUT2D eigenvalue weighted by atomic mass is 9.98. The van der Waals surface area contributed by atoms with E-state index in [1.807, 2.05) is 36.4 Å². The van der Waals surface area contributed by atoms with Crippen LogP contribution in [0.2, 0.25) is 0 Å². The molecule has 0 bridgehead atoms. The predicted octanol–water partition coefficient (Wildman–Crippen LogP) is 3.91. The average molecular weight is 456 g/mol. The first-order valence-corrected chi connectivity index (χ1v) is 11.1. The number of H-pyrrole nitrogens is 1. The average Bonchev–Trinajstić information content (AvgIpc) is 3.44. The highest BCUT2D eigenvalue weighted by atomic mass is 16.5. The van der Waals surface area contributed by atoms with Crippen molar-refractivity contribution in [2.75, 3.05) is 13.2 Å². The molecule has 1 aromatic heterocycles. The maximum Gasteiger partial charge on any atom is 0.407 e. The van der Waals surface area contributed by atoms with Crippen LogP contribution in [0.5, 0.6) is 0 Å². The van der Waals surface area contributed by atoms with Gasteiger partial charge in [-0.15, -0.1) is 0 Å². The van der Waals surface area contributed by atoms with E-state index < -0.39 is 18.3 Å². The summed E-state index contributed by atoms with van der Waals surface area (Å²) in [6.07, 6.45) is -1.03. The van der Waals surface area contributed by atoms with Crippen LogP contribution in [0.4, 0.5) is 4.79 Å². The Morgan fingerprint density at radius 1 is 1.00 bits per heavy atom. The summed E-state index contributed by atoms with van der Waals surface area (Å²) in [5.74, 6) is -0.0679. The van der Waals surface area contributed by atoms with E-state index in [1.165, 1.54) is 0 Å². The molecule has 1 aliphatic carbocycles. The Morgan fingerprint density at radius 3 is 2.35 bits per heavy atom. The summed E-state index contributed by atoms with van der Waals surface area (Å²) in [5, 5.41) is 24.3. The molecule has 172 valence electrons. The molecule has 0 fully saturated rings. The Labute approximate surface area is 196 Å². The Morgan fingerprint density at radius 2 is 1.68 bits per heavy atom. The van der Waals surface area contributed by atoms with Gasteiger partial charge in [-0.25, -0.2) is 4.79 Å². The van der Waals surface area contributed by atoms with Crippen molar-refractivity contribution in [1.29, 1.82) is 0 Å². The Hall–Kier alpha value is -3.94. The van der Waals surface area contributed by atoms with Crippen molar-refractivity contribution >= 4 is 23.3 Å². The lowest BCUT2D eigenvalue weighted by molar-refractivity contribution is 0.0194. The van der Waals surface area contributed by atoms with Crippen LogP contribution >= 0.6 is 0 Å². The molecule has 1 amide bonds. The van der Waals surface area contributed by atoms with E-state index in [0.717, 1.165) is 22.3 Å². The number of hydrogen-bond acceptors (Lipinski definition) is 5. The van der Waals surface area contributed by atoms with Crippen LogP contribution in [0.3, 0.4) is 0 Å². The minimum absolute atomic E-state index is 0.0679. The number of benzene rings is 3. The topological polar surface area (TPSA) is 112 Å². The number of aldehydes is 1. The zero-order valence-electron chi connectivity index (χ0n) is 18.3. The number of aliphatic hydroxyl groups is 2. The molecule has 0 aliphatic heterocycles. The molecule has 1 heterocycles. The molecule has 7 heteroatoms. The third kappa shape index (κ3) is 3.85. The third-order valence-corrected chi connectivity index (χ3v) is 6.38. The second kappa shape index (κ2) is 9.13. The molecule has 0 saturated heterocycles. The molecule has 0 spiro atoms. The van der Waals surface area contributed by atoms with E-state index in [4.69, 9.17) is 4.74 Å². The van der Waals surface area contributed by atoms with Crippen LogP contribution in [0.25, 0.3) is 22.0 Å². The van der Waals surface area contributed by atoms with Crippen LogP contribution in [0, 0.1) is 0 Å². The van der Waals surface area contributed by atoms with Gasteiger partial charge in [0.25, 0.3) is 0 Å². The van der Waals surface area contributed by atoms with Crippen molar-refractivity contribution < 1.29 is 24.5 Å². The van der Waals surface area contributed by atoms with Gasteiger partial charge in [-0.3, -0.25) is 4.79 Å². The van der Waals surface area contributed by atoms with Gasteiger partial charge in [0.2, 0.25) is 0 Å². The van der Waals surface area contributed by atoms with E-state index in [2.05, 4.69) is 22.4 Å². The molecule has 4 N–H and O–H groups in total. The monoisotopic (exact) mass is 456 g/mol. The Kier molecular flexibility index (Phi) is 5.88. The van der Waals surface area contributed by atoms with Gasteiger partial charge in [-0.05, 0) is 33.9 Å². The summed E-state index contributed by atoms with van der Waals surface area (Å²) >= 11 is 0. The van der Waals surface area contributed by atoms with Crippen molar-refractivity contribution in [3.8, 4) is 11.1 Å². The minimum atomic E-state index is -1.30. The molecule has 2 unspecified atom stereocenters. The van der Waals surface area contributed by atoms with Gasteiger partial charge in [0.05, 0.1) is 0 Å². The van der Waals surface area contributed by atoms with Crippen molar-refractivity contribution in [2.24, 2.45) is 0 Å². The van der Waals surface area contributed by atoms with Gasteiger partial charge in [0, 0.05) is 35.1 Å². The number of ether oxygens (including phenoxy) is 1. The summed E-state index contributed by atoms with van der Waals surface area (Å²) in [5.41, 5.74) is 5.97. The summed E-state index contributed by atoms with van der Waals surface area (Å²) in [4.78, 5) is 26.7. The van der Waals surface area contributed by atoms with Gasteiger partial charge in [0.15, 0.2) is 6.29 Å². The first-order valence-electron chi connectivity index (χ1n) is 11.1. The fourth-order valence-corrected chi connectivity index (χ4v) is 4.74. The molecular weight excluding hydrogens is 432 g/mol. The predicted molar refractivity (Wildman–Crippen MR) is 128 cm³/mol. The SMILES string of the molecule is O=Cc1c[nH]c2cccc(C(O)C(O)CNC(=O)OCC3c4ccccc4-c4ccccc43)c12. The minimum Gasteiger partial charge on any atom is -0.449 e. The molecule has 0 saturated carbocycles. The molecule has 7 nitrogen and oxygen atoms in total. The van der Waals surface area contributed by atoms with Gasteiger partial charge in [0.1, 0.15) is 18.8 Å². The lowest BCUT2D eigenvalue weighted by Crippen LogP contribution is -2.36. The number of carbonyl (C=O) groups is 2. The van der Waals surface area contributed by atoms with E-state index in [1.54, 1.807) is 24.4 Å². The number of rotatable bonds is 7. The number of aliphatic hydroxyl groups excluding tert-OH is 2. The number of aromatic amines is 1. The highest BCUT2D eigenvalue weighted by molar-refractivity contribution is 5.99. The van der Waals surface area contributed by atoms with Crippen LogP contribution in [-0.2, 0) is 4.74 Å². The van der Waals surface area contributed by atoms with Crippen LogP contribution < -0.4 is 5.32 Å². The quantitative estimate of drug-likeness (QED) is 0.315. The third-order valence-electron chi connectivity index (χ3n) is 6.38. The molecule has 1 aliphatic rings. The first kappa shape index (κ1) is 21.9. The number of hydrogen-bond donors (Lipinski definition) is 4.